The summed E-state index contributed by atoms with van der Waals surface area (Å²) in [7, 11) is 1.56. The molecule has 0 saturated carbocycles. The summed E-state index contributed by atoms with van der Waals surface area (Å²) >= 11 is -0.298. The van der Waals surface area contributed by atoms with Crippen LogP contribution in [0.1, 0.15) is 12.5 Å². The number of ether oxygens (including phenoxy) is 1. The van der Waals surface area contributed by atoms with E-state index in [1.165, 1.54) is 3.56 Å². The van der Waals surface area contributed by atoms with Crippen LogP contribution in [-0.4, -0.2) is 37.2 Å². The summed E-state index contributed by atoms with van der Waals surface area (Å²) in [6.07, 6.45) is 0.0530. The van der Waals surface area contributed by atoms with Gasteiger partial charge in [-0.05, 0) is 0 Å². The Morgan fingerprint density at radius 3 is 2.79 bits per heavy atom. The SMILES string of the molecule is COc1ccc2c(=O)n(C3CC(=O)NC3=O)[se]c2c1. The van der Waals surface area contributed by atoms with Crippen LogP contribution in [0.3, 0.4) is 0 Å². The molecule has 0 radical (unpaired) electrons. The van der Waals surface area contributed by atoms with E-state index < -0.39 is 6.04 Å². The van der Waals surface area contributed by atoms with E-state index in [1.807, 2.05) is 6.07 Å². The van der Waals surface area contributed by atoms with Crippen LogP contribution < -0.4 is 15.6 Å². The number of aromatic nitrogens is 1. The van der Waals surface area contributed by atoms with E-state index in [1.54, 1.807) is 19.2 Å². The predicted octanol–water partition coefficient (Wildman–Crippen LogP) is -0.345. The molecule has 1 unspecified atom stereocenters. The van der Waals surface area contributed by atoms with Crippen LogP contribution in [0.2, 0.25) is 0 Å². The Kier molecular flexibility index (Phi) is 2.80. The fourth-order valence-electron chi connectivity index (χ4n) is 2.08. The molecular weight excluding hydrogens is 315 g/mol. The van der Waals surface area contributed by atoms with Crippen LogP contribution in [-0.2, 0) is 9.59 Å². The van der Waals surface area contributed by atoms with Gasteiger partial charge in [0.25, 0.3) is 0 Å². The van der Waals surface area contributed by atoms with Crippen LogP contribution in [0.15, 0.2) is 23.0 Å². The molecule has 2 heterocycles. The second-order valence-corrected chi connectivity index (χ2v) is 6.35. The van der Waals surface area contributed by atoms with Gasteiger partial charge in [0.05, 0.1) is 0 Å². The minimum absolute atomic E-state index is 0.0530. The topological polar surface area (TPSA) is 77.4 Å². The maximum absolute atomic E-state index is 12.2. The molecule has 1 atom stereocenters. The molecular formula is C12H10N2O4Se. The summed E-state index contributed by atoms with van der Waals surface area (Å²) < 4.78 is 7.50. The number of hydrogen-bond donors (Lipinski definition) is 1. The molecule has 19 heavy (non-hydrogen) atoms. The number of methoxy groups -OCH3 is 1. The van der Waals surface area contributed by atoms with E-state index >= 15 is 0 Å². The number of carbonyl (C=O) groups excluding carboxylic acids is 2. The second-order valence-electron chi connectivity index (χ2n) is 4.22. The summed E-state index contributed by atoms with van der Waals surface area (Å²) in [6.45, 7) is 0. The molecule has 3 rings (SSSR count). The van der Waals surface area contributed by atoms with Gasteiger partial charge in [-0.1, -0.05) is 0 Å². The molecule has 2 aromatic rings. The summed E-state index contributed by atoms with van der Waals surface area (Å²) in [5.41, 5.74) is -0.187. The van der Waals surface area contributed by atoms with Crippen molar-refractivity contribution in [1.82, 2.24) is 8.88 Å². The van der Waals surface area contributed by atoms with Gasteiger partial charge in [0.1, 0.15) is 0 Å². The van der Waals surface area contributed by atoms with Crippen LogP contribution in [0.4, 0.5) is 0 Å². The number of nitrogens with zero attached hydrogens (tertiary/aromatic N) is 1. The molecule has 0 aliphatic carbocycles. The zero-order valence-electron chi connectivity index (χ0n) is 10.0. The molecule has 98 valence electrons. The Morgan fingerprint density at radius 1 is 1.37 bits per heavy atom. The number of amides is 2. The van der Waals surface area contributed by atoms with Crippen molar-refractivity contribution in [1.29, 1.82) is 0 Å². The van der Waals surface area contributed by atoms with Crippen molar-refractivity contribution < 1.29 is 14.3 Å². The average molecular weight is 325 g/mol. The Labute approximate surface area is 113 Å². The van der Waals surface area contributed by atoms with Gasteiger partial charge < -0.3 is 0 Å². The molecule has 7 heteroatoms. The second kappa shape index (κ2) is 4.36. The number of nitrogens with one attached hydrogen (secondary N) is 1. The molecule has 1 aliphatic rings. The normalized spacial score (nSPS) is 18.9. The van der Waals surface area contributed by atoms with Crippen LogP contribution in [0, 0.1) is 0 Å². The number of carbonyl (C=O) groups is 2. The Hall–Kier alpha value is -1.85. The fraction of sp³-hybridized carbons (Fsp3) is 0.250. The molecule has 1 aromatic heterocycles. The average Bonchev–Trinajstić information content (AvgIpc) is 2.89. The first-order valence-corrected chi connectivity index (χ1v) is 7.25. The van der Waals surface area contributed by atoms with Crippen molar-refractivity contribution in [2.75, 3.05) is 7.11 Å². The predicted molar refractivity (Wildman–Crippen MR) is 68.5 cm³/mol. The van der Waals surface area contributed by atoms with E-state index in [0.29, 0.717) is 11.1 Å². The van der Waals surface area contributed by atoms with Gasteiger partial charge in [-0.15, -0.1) is 0 Å². The summed E-state index contributed by atoms with van der Waals surface area (Å²) in [5, 5.41) is 2.82. The number of fused-ring (bicyclic) bond motifs is 1. The third kappa shape index (κ3) is 1.91. The first-order chi connectivity index (χ1) is 9.10. The van der Waals surface area contributed by atoms with Gasteiger partial charge in [0.15, 0.2) is 0 Å². The zero-order valence-corrected chi connectivity index (χ0v) is 11.7. The number of hydrogen-bond acceptors (Lipinski definition) is 4. The first kappa shape index (κ1) is 12.2. The molecule has 1 aliphatic heterocycles. The van der Waals surface area contributed by atoms with E-state index in [0.717, 1.165) is 4.26 Å². The first-order valence-electron chi connectivity index (χ1n) is 5.63. The number of imide groups is 1. The summed E-state index contributed by atoms with van der Waals surface area (Å²) in [5.74, 6) is -0.0330. The molecule has 1 fully saturated rings. The third-order valence-electron chi connectivity index (χ3n) is 3.04. The van der Waals surface area contributed by atoms with E-state index in [4.69, 9.17) is 4.74 Å². The van der Waals surface area contributed by atoms with E-state index in [-0.39, 0.29) is 38.5 Å². The van der Waals surface area contributed by atoms with Crippen LogP contribution >= 0.6 is 0 Å². The summed E-state index contributed by atoms with van der Waals surface area (Å²) in [4.78, 5) is 35.1. The van der Waals surface area contributed by atoms with Gasteiger partial charge in [0, 0.05) is 0 Å². The molecule has 2 amide bonds. The maximum atomic E-state index is 12.2. The van der Waals surface area contributed by atoms with Crippen molar-refractivity contribution in [2.45, 2.75) is 12.5 Å². The molecule has 1 saturated heterocycles. The standard InChI is InChI=1S/C12H10N2O4Se/c1-18-6-2-3-7-9(4-6)19-14(12(7)17)8-5-10(15)13-11(8)16/h2-4,8H,5H2,1H3,(H,13,15,16). The fourth-order valence-corrected chi connectivity index (χ4v) is 4.42. The molecule has 1 N–H and O–H groups in total. The molecule has 0 spiro atoms. The molecule has 0 bridgehead atoms. The van der Waals surface area contributed by atoms with Crippen molar-refractivity contribution in [3.63, 3.8) is 0 Å². The van der Waals surface area contributed by atoms with Crippen molar-refractivity contribution in [2.24, 2.45) is 0 Å². The monoisotopic (exact) mass is 326 g/mol. The minimum atomic E-state index is -0.668. The Bertz CT molecular complexity index is 746. The van der Waals surface area contributed by atoms with Crippen LogP contribution in [0.25, 0.3) is 9.65 Å². The number of rotatable bonds is 2. The summed E-state index contributed by atoms with van der Waals surface area (Å²) in [6, 6.07) is 4.56. The van der Waals surface area contributed by atoms with Gasteiger partial charge in [-0.3, -0.25) is 0 Å². The van der Waals surface area contributed by atoms with Gasteiger partial charge in [-0.2, -0.15) is 0 Å². The Morgan fingerprint density at radius 2 is 2.16 bits per heavy atom. The molecule has 6 nitrogen and oxygen atoms in total. The zero-order chi connectivity index (χ0) is 13.6. The van der Waals surface area contributed by atoms with E-state index in [2.05, 4.69) is 5.32 Å². The van der Waals surface area contributed by atoms with Crippen LogP contribution in [0.5, 0.6) is 5.75 Å². The van der Waals surface area contributed by atoms with Gasteiger partial charge >= 0.3 is 113 Å². The van der Waals surface area contributed by atoms with Crippen molar-refractivity contribution in [3.8, 4) is 5.75 Å². The van der Waals surface area contributed by atoms with E-state index in [9.17, 15) is 14.4 Å². The number of benzene rings is 1. The molecule has 1 aromatic carbocycles. The van der Waals surface area contributed by atoms with Gasteiger partial charge in [0.2, 0.25) is 0 Å². The third-order valence-corrected chi connectivity index (χ3v) is 5.46. The quantitative estimate of drug-likeness (QED) is 0.605. The van der Waals surface area contributed by atoms with Crippen molar-refractivity contribution >= 4 is 36.2 Å². The van der Waals surface area contributed by atoms with Gasteiger partial charge in [-0.25, -0.2) is 0 Å². The van der Waals surface area contributed by atoms with Crippen molar-refractivity contribution in [3.05, 3.63) is 28.6 Å². The Balaban J connectivity index is 2.15.